The molecule has 2 heterocycles. The van der Waals surface area contributed by atoms with E-state index in [0.717, 1.165) is 5.69 Å². The first-order valence-corrected chi connectivity index (χ1v) is 6.70. The Bertz CT molecular complexity index is 478. The number of likely N-dealkylation sites (N-methyl/N-ethyl adjacent to an activating group) is 1. The van der Waals surface area contributed by atoms with E-state index in [1.807, 2.05) is 18.2 Å². The van der Waals surface area contributed by atoms with Gasteiger partial charge in [-0.3, -0.25) is 9.78 Å². The predicted molar refractivity (Wildman–Crippen MR) is 73.3 cm³/mol. The van der Waals surface area contributed by atoms with E-state index in [1.165, 1.54) is 0 Å². The van der Waals surface area contributed by atoms with Crippen molar-refractivity contribution < 1.29 is 14.7 Å². The summed E-state index contributed by atoms with van der Waals surface area (Å²) < 4.78 is 0. The number of rotatable bonds is 4. The maximum absolute atomic E-state index is 12.2. The SMILES string of the molecule is CN(CCc1ccccn1)C(=O)N1CCC(C(=O)O)C1. The molecule has 0 aliphatic carbocycles. The van der Waals surface area contributed by atoms with Crippen molar-refractivity contribution >= 4 is 12.0 Å². The monoisotopic (exact) mass is 277 g/mol. The molecule has 1 aromatic heterocycles. The molecule has 1 aliphatic rings. The van der Waals surface area contributed by atoms with Gasteiger partial charge in [0.15, 0.2) is 0 Å². The summed E-state index contributed by atoms with van der Waals surface area (Å²) in [5.41, 5.74) is 0.942. The highest BCUT2D eigenvalue weighted by Crippen LogP contribution is 2.17. The zero-order chi connectivity index (χ0) is 14.5. The number of carboxylic acid groups (broad SMARTS) is 1. The minimum Gasteiger partial charge on any atom is -0.481 e. The molecule has 1 aliphatic heterocycles. The molecule has 2 rings (SSSR count). The first-order chi connectivity index (χ1) is 9.58. The molecule has 0 spiro atoms. The van der Waals surface area contributed by atoms with Crippen molar-refractivity contribution in [2.45, 2.75) is 12.8 Å². The Morgan fingerprint density at radius 3 is 2.90 bits per heavy atom. The van der Waals surface area contributed by atoms with Gasteiger partial charge in [0.05, 0.1) is 5.92 Å². The Labute approximate surface area is 118 Å². The number of urea groups is 1. The van der Waals surface area contributed by atoms with E-state index in [4.69, 9.17) is 5.11 Å². The zero-order valence-electron chi connectivity index (χ0n) is 11.5. The second-order valence-electron chi connectivity index (χ2n) is 5.05. The van der Waals surface area contributed by atoms with Crippen LogP contribution in [0.4, 0.5) is 4.79 Å². The maximum atomic E-state index is 12.2. The van der Waals surface area contributed by atoms with E-state index in [2.05, 4.69) is 4.98 Å². The Balaban J connectivity index is 1.82. The van der Waals surface area contributed by atoms with Crippen LogP contribution in [0.2, 0.25) is 0 Å². The molecule has 0 aromatic carbocycles. The molecule has 1 fully saturated rings. The summed E-state index contributed by atoms with van der Waals surface area (Å²) in [6, 6.07) is 5.59. The second kappa shape index (κ2) is 6.36. The molecule has 6 nitrogen and oxygen atoms in total. The first kappa shape index (κ1) is 14.3. The van der Waals surface area contributed by atoms with Crippen molar-refractivity contribution in [3.8, 4) is 0 Å². The van der Waals surface area contributed by atoms with Crippen LogP contribution < -0.4 is 0 Å². The molecule has 0 radical (unpaired) electrons. The summed E-state index contributed by atoms with van der Waals surface area (Å²) in [6.07, 6.45) is 2.96. The average Bonchev–Trinajstić information content (AvgIpc) is 2.95. The van der Waals surface area contributed by atoms with Gasteiger partial charge in [0.2, 0.25) is 0 Å². The number of amides is 2. The number of carbonyl (C=O) groups excluding carboxylic acids is 1. The van der Waals surface area contributed by atoms with E-state index < -0.39 is 11.9 Å². The lowest BCUT2D eigenvalue weighted by Gasteiger charge is -2.24. The molecule has 1 N–H and O–H groups in total. The summed E-state index contributed by atoms with van der Waals surface area (Å²) in [5, 5.41) is 8.94. The number of hydrogen-bond acceptors (Lipinski definition) is 3. The average molecular weight is 277 g/mol. The summed E-state index contributed by atoms with van der Waals surface area (Å²) in [6.45, 7) is 1.40. The van der Waals surface area contributed by atoms with Crippen LogP contribution in [-0.4, -0.2) is 58.6 Å². The molecule has 108 valence electrons. The van der Waals surface area contributed by atoms with Gasteiger partial charge in [-0.1, -0.05) is 6.07 Å². The molecule has 0 bridgehead atoms. The van der Waals surface area contributed by atoms with Gasteiger partial charge in [0.1, 0.15) is 0 Å². The van der Waals surface area contributed by atoms with Gasteiger partial charge in [-0.05, 0) is 18.6 Å². The van der Waals surface area contributed by atoms with Crippen molar-refractivity contribution in [2.24, 2.45) is 5.92 Å². The number of pyridine rings is 1. The van der Waals surface area contributed by atoms with Crippen LogP contribution in [-0.2, 0) is 11.2 Å². The lowest BCUT2D eigenvalue weighted by atomic mass is 10.1. The number of likely N-dealkylation sites (tertiary alicyclic amines) is 1. The van der Waals surface area contributed by atoms with E-state index in [-0.39, 0.29) is 6.03 Å². The lowest BCUT2D eigenvalue weighted by Crippen LogP contribution is -2.41. The number of carboxylic acids is 1. The molecule has 1 aromatic rings. The number of nitrogens with zero attached hydrogens (tertiary/aromatic N) is 3. The number of carbonyl (C=O) groups is 2. The first-order valence-electron chi connectivity index (χ1n) is 6.70. The minimum absolute atomic E-state index is 0.107. The van der Waals surface area contributed by atoms with Gasteiger partial charge in [-0.2, -0.15) is 0 Å². The summed E-state index contributed by atoms with van der Waals surface area (Å²) in [7, 11) is 1.74. The number of aromatic nitrogens is 1. The zero-order valence-corrected chi connectivity index (χ0v) is 11.5. The van der Waals surface area contributed by atoms with Crippen LogP contribution in [0, 0.1) is 5.92 Å². The van der Waals surface area contributed by atoms with Gasteiger partial charge < -0.3 is 14.9 Å². The van der Waals surface area contributed by atoms with Crippen molar-refractivity contribution in [1.82, 2.24) is 14.8 Å². The van der Waals surface area contributed by atoms with Crippen LogP contribution in [0.25, 0.3) is 0 Å². The van der Waals surface area contributed by atoms with E-state index >= 15 is 0 Å². The fourth-order valence-corrected chi connectivity index (χ4v) is 2.30. The van der Waals surface area contributed by atoms with Gasteiger partial charge in [0.25, 0.3) is 0 Å². The Morgan fingerprint density at radius 2 is 2.30 bits per heavy atom. The summed E-state index contributed by atoms with van der Waals surface area (Å²) in [5.74, 6) is -1.25. The third kappa shape index (κ3) is 3.46. The molecule has 6 heteroatoms. The molecule has 0 saturated carbocycles. The molecular weight excluding hydrogens is 258 g/mol. The smallest absolute Gasteiger partial charge is 0.319 e. The van der Waals surface area contributed by atoms with Crippen LogP contribution in [0.1, 0.15) is 12.1 Å². The standard InChI is InChI=1S/C14H19N3O3/c1-16(8-6-12-4-2-3-7-15-12)14(20)17-9-5-11(10-17)13(18)19/h2-4,7,11H,5-6,8-10H2,1H3,(H,18,19). The van der Waals surface area contributed by atoms with Crippen LogP contribution in [0.3, 0.4) is 0 Å². The van der Waals surface area contributed by atoms with Gasteiger partial charge in [-0.25, -0.2) is 4.79 Å². The Morgan fingerprint density at radius 1 is 1.50 bits per heavy atom. The van der Waals surface area contributed by atoms with Crippen molar-refractivity contribution in [3.63, 3.8) is 0 Å². The number of hydrogen-bond donors (Lipinski definition) is 1. The molecule has 20 heavy (non-hydrogen) atoms. The van der Waals surface area contributed by atoms with Gasteiger partial charge in [-0.15, -0.1) is 0 Å². The van der Waals surface area contributed by atoms with Crippen molar-refractivity contribution in [2.75, 3.05) is 26.7 Å². The highest BCUT2D eigenvalue weighted by atomic mass is 16.4. The highest BCUT2D eigenvalue weighted by Gasteiger charge is 2.31. The second-order valence-corrected chi connectivity index (χ2v) is 5.05. The van der Waals surface area contributed by atoms with Crippen LogP contribution >= 0.6 is 0 Å². The summed E-state index contributed by atoms with van der Waals surface area (Å²) >= 11 is 0. The maximum Gasteiger partial charge on any atom is 0.319 e. The Kier molecular flexibility index (Phi) is 4.55. The predicted octanol–water partition coefficient (Wildman–Crippen LogP) is 1.08. The van der Waals surface area contributed by atoms with Crippen LogP contribution in [0.15, 0.2) is 24.4 Å². The van der Waals surface area contributed by atoms with E-state index in [9.17, 15) is 9.59 Å². The van der Waals surface area contributed by atoms with Crippen LogP contribution in [0.5, 0.6) is 0 Å². The van der Waals surface area contributed by atoms with E-state index in [1.54, 1.807) is 23.0 Å². The normalized spacial score (nSPS) is 18.1. The highest BCUT2D eigenvalue weighted by molar-refractivity contribution is 5.77. The van der Waals surface area contributed by atoms with Gasteiger partial charge in [0, 0.05) is 45.0 Å². The fourth-order valence-electron chi connectivity index (χ4n) is 2.30. The fraction of sp³-hybridized carbons (Fsp3) is 0.500. The lowest BCUT2D eigenvalue weighted by molar-refractivity contribution is -0.141. The van der Waals surface area contributed by atoms with Gasteiger partial charge >= 0.3 is 12.0 Å². The summed E-state index contributed by atoms with van der Waals surface area (Å²) in [4.78, 5) is 30.5. The minimum atomic E-state index is -0.823. The third-order valence-corrected chi connectivity index (χ3v) is 3.56. The van der Waals surface area contributed by atoms with Crippen molar-refractivity contribution in [1.29, 1.82) is 0 Å². The number of aliphatic carboxylic acids is 1. The largest absolute Gasteiger partial charge is 0.481 e. The Hall–Kier alpha value is -2.11. The topological polar surface area (TPSA) is 73.7 Å². The molecule has 1 atom stereocenters. The molecule has 2 amide bonds. The molecular formula is C14H19N3O3. The van der Waals surface area contributed by atoms with E-state index in [0.29, 0.717) is 32.5 Å². The molecule has 1 saturated heterocycles. The molecule has 1 unspecified atom stereocenters. The quantitative estimate of drug-likeness (QED) is 0.893. The third-order valence-electron chi connectivity index (χ3n) is 3.56. The van der Waals surface area contributed by atoms with Crippen molar-refractivity contribution in [3.05, 3.63) is 30.1 Å².